The summed E-state index contributed by atoms with van der Waals surface area (Å²) in [6, 6.07) is 0.00499. The molecular formula is C14H23N3O3. The molecule has 6 nitrogen and oxygen atoms in total. The number of ether oxygens (including phenoxy) is 1. The number of nitrogens with zero attached hydrogens (tertiary/aromatic N) is 3. The second-order valence-electron chi connectivity index (χ2n) is 6.42. The van der Waals surface area contributed by atoms with Crippen molar-refractivity contribution in [2.75, 3.05) is 33.2 Å². The first-order chi connectivity index (χ1) is 9.19. The molecule has 0 spiro atoms. The van der Waals surface area contributed by atoms with Gasteiger partial charge in [0.25, 0.3) is 0 Å². The maximum Gasteiger partial charge on any atom is 0.410 e. The molecule has 3 amide bonds. The standard InChI is InChI=1S/C14H23N3O3/c1-10-8-16(13(19)20-14(2,3)4)9-11(10)17-7-6-15(5)12(17)18/h6-9H2,1-5H3. The van der Waals surface area contributed by atoms with Gasteiger partial charge < -0.3 is 9.64 Å². The van der Waals surface area contributed by atoms with Gasteiger partial charge in [0.2, 0.25) is 0 Å². The Hall–Kier alpha value is -1.72. The fourth-order valence-electron chi connectivity index (χ4n) is 2.42. The summed E-state index contributed by atoms with van der Waals surface area (Å²) in [5.41, 5.74) is 1.49. The van der Waals surface area contributed by atoms with Gasteiger partial charge in [-0.15, -0.1) is 0 Å². The normalized spacial score (nSPS) is 20.2. The molecule has 20 heavy (non-hydrogen) atoms. The monoisotopic (exact) mass is 281 g/mol. The van der Waals surface area contributed by atoms with Crippen LogP contribution in [0.1, 0.15) is 27.7 Å². The Bertz CT molecular complexity index is 465. The van der Waals surface area contributed by atoms with Gasteiger partial charge in [-0.05, 0) is 33.3 Å². The summed E-state index contributed by atoms with van der Waals surface area (Å²) in [6.07, 6.45) is -0.327. The van der Waals surface area contributed by atoms with Crippen LogP contribution in [0.15, 0.2) is 11.3 Å². The average Bonchev–Trinajstić information content (AvgIpc) is 2.82. The summed E-state index contributed by atoms with van der Waals surface area (Å²) in [4.78, 5) is 29.2. The van der Waals surface area contributed by atoms with Crippen molar-refractivity contribution >= 4 is 12.1 Å². The van der Waals surface area contributed by atoms with Gasteiger partial charge in [-0.1, -0.05) is 0 Å². The molecule has 0 aromatic rings. The molecule has 2 heterocycles. The quantitative estimate of drug-likeness (QED) is 0.737. The van der Waals surface area contributed by atoms with E-state index in [0.717, 1.165) is 17.8 Å². The van der Waals surface area contributed by atoms with Crippen molar-refractivity contribution in [2.24, 2.45) is 0 Å². The van der Waals surface area contributed by atoms with E-state index in [0.29, 0.717) is 19.6 Å². The number of rotatable bonds is 1. The molecule has 0 saturated carbocycles. The molecule has 0 aromatic heterocycles. The Morgan fingerprint density at radius 2 is 1.85 bits per heavy atom. The molecule has 0 N–H and O–H groups in total. The van der Waals surface area contributed by atoms with E-state index in [-0.39, 0.29) is 12.1 Å². The molecule has 0 bridgehead atoms. The molecule has 0 radical (unpaired) electrons. The number of amides is 3. The van der Waals surface area contributed by atoms with E-state index in [1.54, 1.807) is 21.7 Å². The van der Waals surface area contributed by atoms with Crippen LogP contribution >= 0.6 is 0 Å². The highest BCUT2D eigenvalue weighted by atomic mass is 16.6. The average molecular weight is 281 g/mol. The predicted molar refractivity (Wildman–Crippen MR) is 75.2 cm³/mol. The molecule has 1 fully saturated rings. The van der Waals surface area contributed by atoms with Crippen molar-refractivity contribution in [3.8, 4) is 0 Å². The molecule has 0 aromatic carbocycles. The summed E-state index contributed by atoms with van der Waals surface area (Å²) in [7, 11) is 1.79. The predicted octanol–water partition coefficient (Wildman–Crippen LogP) is 1.88. The molecule has 0 atom stereocenters. The first kappa shape index (κ1) is 14.7. The van der Waals surface area contributed by atoms with Gasteiger partial charge in [-0.25, -0.2) is 9.59 Å². The Balaban J connectivity index is 2.03. The lowest BCUT2D eigenvalue weighted by Gasteiger charge is -2.25. The van der Waals surface area contributed by atoms with Crippen LogP contribution in [0.5, 0.6) is 0 Å². The fraction of sp³-hybridized carbons (Fsp3) is 0.714. The highest BCUT2D eigenvalue weighted by molar-refractivity contribution is 5.79. The van der Waals surface area contributed by atoms with Crippen molar-refractivity contribution in [3.63, 3.8) is 0 Å². The molecular weight excluding hydrogens is 258 g/mol. The maximum atomic E-state index is 12.1. The third-order valence-corrected chi connectivity index (χ3v) is 3.46. The third kappa shape index (κ3) is 2.89. The van der Waals surface area contributed by atoms with Crippen molar-refractivity contribution in [1.29, 1.82) is 0 Å². The number of urea groups is 1. The van der Waals surface area contributed by atoms with Crippen LogP contribution in [-0.2, 0) is 4.74 Å². The summed E-state index contributed by atoms with van der Waals surface area (Å²) in [5.74, 6) is 0. The van der Waals surface area contributed by atoms with E-state index in [1.165, 1.54) is 0 Å². The third-order valence-electron chi connectivity index (χ3n) is 3.46. The van der Waals surface area contributed by atoms with Crippen LogP contribution in [0.2, 0.25) is 0 Å². The van der Waals surface area contributed by atoms with Gasteiger partial charge in [0, 0.05) is 32.4 Å². The fourth-order valence-corrected chi connectivity index (χ4v) is 2.42. The lowest BCUT2D eigenvalue weighted by atomic mass is 10.2. The van der Waals surface area contributed by atoms with Crippen molar-refractivity contribution in [1.82, 2.24) is 14.7 Å². The van der Waals surface area contributed by atoms with Crippen LogP contribution < -0.4 is 0 Å². The number of hydrogen-bond acceptors (Lipinski definition) is 3. The van der Waals surface area contributed by atoms with Gasteiger partial charge in [0.15, 0.2) is 0 Å². The van der Waals surface area contributed by atoms with Gasteiger partial charge in [-0.2, -0.15) is 0 Å². The minimum atomic E-state index is -0.503. The largest absolute Gasteiger partial charge is 0.444 e. The summed E-state index contributed by atoms with van der Waals surface area (Å²) in [5, 5.41) is 0. The number of likely N-dealkylation sites (N-methyl/N-ethyl adjacent to an activating group) is 1. The summed E-state index contributed by atoms with van der Waals surface area (Å²) < 4.78 is 5.38. The topological polar surface area (TPSA) is 53.1 Å². The lowest BCUT2D eigenvalue weighted by molar-refractivity contribution is 0.0294. The lowest BCUT2D eigenvalue weighted by Crippen LogP contribution is -2.37. The van der Waals surface area contributed by atoms with Crippen molar-refractivity contribution < 1.29 is 14.3 Å². The van der Waals surface area contributed by atoms with Crippen LogP contribution in [0.4, 0.5) is 9.59 Å². The number of hydrogen-bond donors (Lipinski definition) is 0. The summed E-state index contributed by atoms with van der Waals surface area (Å²) in [6.45, 7) is 9.89. The van der Waals surface area contributed by atoms with E-state index < -0.39 is 5.60 Å². The minimum Gasteiger partial charge on any atom is -0.444 e. The highest BCUT2D eigenvalue weighted by Gasteiger charge is 2.35. The van der Waals surface area contributed by atoms with Gasteiger partial charge >= 0.3 is 12.1 Å². The molecule has 0 aliphatic carbocycles. The van der Waals surface area contributed by atoms with Crippen molar-refractivity contribution in [3.05, 3.63) is 11.3 Å². The van der Waals surface area contributed by atoms with E-state index in [9.17, 15) is 9.59 Å². The zero-order valence-corrected chi connectivity index (χ0v) is 12.9. The smallest absolute Gasteiger partial charge is 0.410 e. The van der Waals surface area contributed by atoms with Crippen LogP contribution in [0, 0.1) is 0 Å². The molecule has 0 unspecified atom stereocenters. The Labute approximate surface area is 119 Å². The SMILES string of the molecule is CC1=C(N2CCN(C)C2=O)CN(C(=O)OC(C)(C)C)C1. The maximum absolute atomic E-state index is 12.1. The Kier molecular flexibility index (Phi) is 3.67. The van der Waals surface area contributed by atoms with Crippen LogP contribution in [-0.4, -0.2) is 65.7 Å². The first-order valence-corrected chi connectivity index (χ1v) is 6.88. The molecule has 2 aliphatic rings. The second kappa shape index (κ2) is 5.00. The number of carbonyl (C=O) groups is 2. The summed E-state index contributed by atoms with van der Waals surface area (Å²) >= 11 is 0. The van der Waals surface area contributed by atoms with Crippen LogP contribution in [0.3, 0.4) is 0 Å². The molecule has 1 saturated heterocycles. The van der Waals surface area contributed by atoms with E-state index >= 15 is 0 Å². The van der Waals surface area contributed by atoms with E-state index in [2.05, 4.69) is 0 Å². The first-order valence-electron chi connectivity index (χ1n) is 6.88. The van der Waals surface area contributed by atoms with E-state index in [1.807, 2.05) is 27.7 Å². The minimum absolute atomic E-state index is 0.00499. The Morgan fingerprint density at radius 1 is 1.20 bits per heavy atom. The molecule has 6 heteroatoms. The Morgan fingerprint density at radius 3 is 2.35 bits per heavy atom. The molecule has 2 rings (SSSR count). The zero-order valence-electron chi connectivity index (χ0n) is 12.9. The molecule has 112 valence electrons. The van der Waals surface area contributed by atoms with E-state index in [4.69, 9.17) is 4.74 Å². The zero-order chi connectivity index (χ0) is 15.1. The van der Waals surface area contributed by atoms with Gasteiger partial charge in [-0.3, -0.25) is 9.80 Å². The van der Waals surface area contributed by atoms with Gasteiger partial charge in [0.05, 0.1) is 6.54 Å². The number of carbonyl (C=O) groups excluding carboxylic acids is 2. The highest BCUT2D eigenvalue weighted by Crippen LogP contribution is 2.25. The van der Waals surface area contributed by atoms with Crippen LogP contribution in [0.25, 0.3) is 0 Å². The van der Waals surface area contributed by atoms with Crippen molar-refractivity contribution in [2.45, 2.75) is 33.3 Å². The second-order valence-corrected chi connectivity index (χ2v) is 6.42. The molecule has 2 aliphatic heterocycles. The van der Waals surface area contributed by atoms with Gasteiger partial charge in [0.1, 0.15) is 5.60 Å².